The molecule has 0 spiro atoms. The van der Waals surface area contributed by atoms with E-state index in [2.05, 4.69) is 5.32 Å². The van der Waals surface area contributed by atoms with Gasteiger partial charge in [0.05, 0.1) is 18.1 Å². The third-order valence-electron chi connectivity index (χ3n) is 4.08. The topological polar surface area (TPSA) is 84.7 Å². The molecule has 7 nitrogen and oxygen atoms in total. The van der Waals surface area contributed by atoms with Crippen LogP contribution in [0.25, 0.3) is 6.08 Å². The molecule has 2 aromatic rings. The van der Waals surface area contributed by atoms with Crippen molar-refractivity contribution in [1.82, 2.24) is 10.2 Å². The first-order valence-corrected chi connectivity index (χ1v) is 8.41. The highest BCUT2D eigenvalue weighted by atomic mass is 16.6. The van der Waals surface area contributed by atoms with E-state index in [0.717, 1.165) is 11.3 Å². The Balaban J connectivity index is 2.01. The summed E-state index contributed by atoms with van der Waals surface area (Å²) in [4.78, 5) is 24.5. The van der Waals surface area contributed by atoms with Crippen LogP contribution in [-0.2, 0) is 4.79 Å². The van der Waals surface area contributed by atoms with Crippen molar-refractivity contribution in [1.29, 1.82) is 0 Å². The fraction of sp³-hybridized carbons (Fsp3) is 0.250. The molecule has 0 radical (unpaired) electrons. The first kappa shape index (κ1) is 20.1. The average Bonchev–Trinajstić information content (AvgIpc) is 2.66. The van der Waals surface area contributed by atoms with Gasteiger partial charge < -0.3 is 15.0 Å². The molecule has 142 valence electrons. The molecule has 0 aliphatic carbocycles. The minimum atomic E-state index is -0.465. The molecule has 7 heteroatoms. The lowest BCUT2D eigenvalue weighted by atomic mass is 10.1. The predicted molar refractivity (Wildman–Crippen MR) is 105 cm³/mol. The molecule has 0 saturated carbocycles. The van der Waals surface area contributed by atoms with Gasteiger partial charge in [0.25, 0.3) is 5.69 Å². The number of likely N-dealkylation sites (N-methyl/N-ethyl adjacent to an activating group) is 1. The fourth-order valence-electron chi connectivity index (χ4n) is 2.62. The largest absolute Gasteiger partial charge is 0.497 e. The van der Waals surface area contributed by atoms with Gasteiger partial charge in [-0.15, -0.1) is 0 Å². The van der Waals surface area contributed by atoms with Gasteiger partial charge in [0.15, 0.2) is 0 Å². The molecule has 0 heterocycles. The van der Waals surface area contributed by atoms with Crippen LogP contribution >= 0.6 is 0 Å². The standard InChI is InChI=1S/C20H23N3O4/c1-22(2)19(16-7-5-9-18(13-16)27-3)14-21-20(24)11-10-15-6-4-8-17(12-15)23(25)26/h4-13,19H,14H2,1-3H3,(H,21,24)/b11-10+. The van der Waals surface area contributed by atoms with Gasteiger partial charge in [-0.2, -0.15) is 0 Å². The van der Waals surface area contributed by atoms with E-state index >= 15 is 0 Å². The van der Waals surface area contributed by atoms with Gasteiger partial charge in [-0.1, -0.05) is 24.3 Å². The van der Waals surface area contributed by atoms with Gasteiger partial charge >= 0.3 is 0 Å². The van der Waals surface area contributed by atoms with E-state index in [-0.39, 0.29) is 17.6 Å². The number of carbonyl (C=O) groups is 1. The third kappa shape index (κ3) is 5.93. The molecule has 1 N–H and O–H groups in total. The van der Waals surface area contributed by atoms with E-state index in [1.54, 1.807) is 25.3 Å². The Morgan fingerprint density at radius 1 is 1.26 bits per heavy atom. The van der Waals surface area contributed by atoms with Gasteiger partial charge in [0.2, 0.25) is 5.91 Å². The lowest BCUT2D eigenvalue weighted by molar-refractivity contribution is -0.384. The van der Waals surface area contributed by atoms with Crippen molar-refractivity contribution in [3.05, 3.63) is 75.8 Å². The number of benzene rings is 2. The number of rotatable bonds is 8. The number of hydrogen-bond acceptors (Lipinski definition) is 5. The summed E-state index contributed by atoms with van der Waals surface area (Å²) in [5.74, 6) is 0.493. The number of nitrogens with one attached hydrogen (secondary N) is 1. The van der Waals surface area contributed by atoms with E-state index in [4.69, 9.17) is 4.74 Å². The second-order valence-corrected chi connectivity index (χ2v) is 6.19. The fourth-order valence-corrected chi connectivity index (χ4v) is 2.62. The first-order valence-electron chi connectivity index (χ1n) is 8.41. The molecule has 27 heavy (non-hydrogen) atoms. The Morgan fingerprint density at radius 3 is 2.67 bits per heavy atom. The maximum atomic E-state index is 12.1. The number of ether oxygens (including phenoxy) is 1. The van der Waals surface area contributed by atoms with Crippen molar-refractivity contribution in [3.63, 3.8) is 0 Å². The zero-order chi connectivity index (χ0) is 19.8. The molecule has 0 fully saturated rings. The Labute approximate surface area is 158 Å². The lowest BCUT2D eigenvalue weighted by Gasteiger charge is -2.25. The normalized spacial score (nSPS) is 12.1. The Morgan fingerprint density at radius 2 is 2.00 bits per heavy atom. The van der Waals surface area contributed by atoms with Crippen LogP contribution in [0, 0.1) is 10.1 Å². The summed E-state index contributed by atoms with van der Waals surface area (Å²) in [5, 5.41) is 13.7. The highest BCUT2D eigenvalue weighted by Gasteiger charge is 2.15. The van der Waals surface area contributed by atoms with Crippen molar-refractivity contribution >= 4 is 17.7 Å². The molecule has 1 amide bonds. The monoisotopic (exact) mass is 369 g/mol. The SMILES string of the molecule is COc1cccc(C(CNC(=O)/C=C/c2cccc([N+](=O)[O-])c2)N(C)C)c1. The molecule has 2 aromatic carbocycles. The molecule has 1 atom stereocenters. The van der Waals surface area contributed by atoms with Gasteiger partial charge in [-0.05, 0) is 43.4 Å². The second-order valence-electron chi connectivity index (χ2n) is 6.19. The summed E-state index contributed by atoms with van der Waals surface area (Å²) in [6.45, 7) is 0.415. The number of nitro benzene ring substituents is 1. The number of amides is 1. The zero-order valence-corrected chi connectivity index (χ0v) is 15.6. The number of nitrogens with zero attached hydrogens (tertiary/aromatic N) is 2. The molecule has 0 aromatic heterocycles. The molecule has 0 aliphatic rings. The summed E-state index contributed by atoms with van der Waals surface area (Å²) in [5.41, 5.74) is 1.61. The molecule has 0 saturated heterocycles. The maximum absolute atomic E-state index is 12.1. The van der Waals surface area contributed by atoms with E-state index in [9.17, 15) is 14.9 Å². The molecule has 0 aliphatic heterocycles. The number of nitro groups is 1. The van der Waals surface area contributed by atoms with Crippen molar-refractivity contribution < 1.29 is 14.5 Å². The van der Waals surface area contributed by atoms with Crippen LogP contribution in [0.3, 0.4) is 0 Å². The summed E-state index contributed by atoms with van der Waals surface area (Å²) < 4.78 is 5.26. The maximum Gasteiger partial charge on any atom is 0.270 e. The minimum Gasteiger partial charge on any atom is -0.497 e. The van der Waals surface area contributed by atoms with Crippen molar-refractivity contribution in [2.24, 2.45) is 0 Å². The third-order valence-corrected chi connectivity index (χ3v) is 4.08. The molecular weight excluding hydrogens is 346 g/mol. The Bertz CT molecular complexity index is 833. The first-order chi connectivity index (χ1) is 12.9. The van der Waals surface area contributed by atoms with Crippen LogP contribution in [0.2, 0.25) is 0 Å². The van der Waals surface area contributed by atoms with Crippen molar-refractivity contribution in [2.75, 3.05) is 27.7 Å². The van der Waals surface area contributed by atoms with Gasteiger partial charge in [0.1, 0.15) is 5.75 Å². The van der Waals surface area contributed by atoms with Gasteiger partial charge in [-0.25, -0.2) is 0 Å². The number of hydrogen-bond donors (Lipinski definition) is 1. The Kier molecular flexibility index (Phi) is 7.08. The number of non-ortho nitro benzene ring substituents is 1. The summed E-state index contributed by atoms with van der Waals surface area (Å²) in [6.07, 6.45) is 2.93. The Hall–Kier alpha value is -3.19. The van der Waals surface area contributed by atoms with Crippen LogP contribution in [0.4, 0.5) is 5.69 Å². The summed E-state index contributed by atoms with van der Waals surface area (Å²) in [7, 11) is 5.49. The smallest absolute Gasteiger partial charge is 0.270 e. The molecule has 2 rings (SSSR count). The summed E-state index contributed by atoms with van der Waals surface area (Å²) in [6, 6.07) is 13.8. The highest BCUT2D eigenvalue weighted by Crippen LogP contribution is 2.22. The average molecular weight is 369 g/mol. The lowest BCUT2D eigenvalue weighted by Crippen LogP contribution is -2.33. The molecule has 1 unspecified atom stereocenters. The van der Waals surface area contributed by atoms with Crippen LogP contribution in [0.15, 0.2) is 54.6 Å². The van der Waals surface area contributed by atoms with Crippen LogP contribution in [0.1, 0.15) is 17.2 Å². The van der Waals surface area contributed by atoms with Gasteiger partial charge in [0, 0.05) is 24.8 Å². The van der Waals surface area contributed by atoms with E-state index < -0.39 is 4.92 Å². The van der Waals surface area contributed by atoms with Crippen LogP contribution < -0.4 is 10.1 Å². The quantitative estimate of drug-likeness (QED) is 0.439. The van der Waals surface area contributed by atoms with E-state index in [1.165, 1.54) is 18.2 Å². The number of carbonyl (C=O) groups excluding carboxylic acids is 1. The van der Waals surface area contributed by atoms with Crippen molar-refractivity contribution in [3.8, 4) is 5.75 Å². The second kappa shape index (κ2) is 9.49. The molecule has 0 bridgehead atoms. The minimum absolute atomic E-state index is 0.0109. The zero-order valence-electron chi connectivity index (χ0n) is 15.6. The van der Waals surface area contributed by atoms with E-state index in [0.29, 0.717) is 12.1 Å². The van der Waals surface area contributed by atoms with Crippen LogP contribution in [0.5, 0.6) is 5.75 Å². The number of methoxy groups -OCH3 is 1. The van der Waals surface area contributed by atoms with Crippen LogP contribution in [-0.4, -0.2) is 43.5 Å². The van der Waals surface area contributed by atoms with Gasteiger partial charge in [-0.3, -0.25) is 14.9 Å². The van der Waals surface area contributed by atoms with E-state index in [1.807, 2.05) is 43.3 Å². The highest BCUT2D eigenvalue weighted by molar-refractivity contribution is 5.91. The van der Waals surface area contributed by atoms with Crippen molar-refractivity contribution in [2.45, 2.75) is 6.04 Å². The predicted octanol–water partition coefficient (Wildman–Crippen LogP) is 3.04. The molecular formula is C20H23N3O4. The summed E-state index contributed by atoms with van der Waals surface area (Å²) >= 11 is 0.